The van der Waals surface area contributed by atoms with Gasteiger partial charge < -0.3 is 10.2 Å². The van der Waals surface area contributed by atoms with Crippen molar-refractivity contribution < 1.29 is 9.59 Å². The predicted molar refractivity (Wildman–Crippen MR) is 120 cm³/mol. The van der Waals surface area contributed by atoms with Crippen LogP contribution in [0.1, 0.15) is 62.9 Å². The Morgan fingerprint density at radius 1 is 0.933 bits per heavy atom. The largest absolute Gasteiger partial charge is 0.329 e. The standard InChI is InChI=1S/C25H24N2O2S/c28-24(23-9-4-16-30-23)26-19-12-10-18(11-13-19)25(29)27(20-14-15-20)22-8-3-6-17-5-1-2-7-21(17)22/h1-2,4-5,7,9-13,16,20,22H,3,6,8,14-15H2,(H,26,28). The highest BCUT2D eigenvalue weighted by Crippen LogP contribution is 2.41. The van der Waals surface area contributed by atoms with Gasteiger partial charge >= 0.3 is 0 Å². The van der Waals surface area contributed by atoms with Gasteiger partial charge in [0.1, 0.15) is 0 Å². The average Bonchev–Trinajstić information content (AvgIpc) is 3.45. The first-order valence-corrected chi connectivity index (χ1v) is 11.4. The van der Waals surface area contributed by atoms with E-state index in [1.54, 1.807) is 6.07 Å². The minimum absolute atomic E-state index is 0.0929. The molecule has 5 heteroatoms. The molecular formula is C25H24N2O2S. The highest BCUT2D eigenvalue weighted by atomic mass is 32.1. The Labute approximate surface area is 180 Å². The van der Waals surface area contributed by atoms with Gasteiger partial charge in [0.15, 0.2) is 0 Å². The van der Waals surface area contributed by atoms with Gasteiger partial charge in [0.25, 0.3) is 11.8 Å². The van der Waals surface area contributed by atoms with Crippen molar-refractivity contribution in [2.45, 2.75) is 44.2 Å². The number of anilines is 1. The SMILES string of the molecule is O=C(Nc1ccc(C(=O)N(C2CC2)C2CCCc3ccccc32)cc1)c1cccs1. The summed E-state index contributed by atoms with van der Waals surface area (Å²) < 4.78 is 0. The van der Waals surface area contributed by atoms with E-state index in [1.165, 1.54) is 22.5 Å². The van der Waals surface area contributed by atoms with Crippen molar-refractivity contribution in [3.63, 3.8) is 0 Å². The van der Waals surface area contributed by atoms with Gasteiger partial charge in [-0.25, -0.2) is 0 Å². The summed E-state index contributed by atoms with van der Waals surface area (Å²) in [5.74, 6) is -0.0298. The molecule has 0 radical (unpaired) electrons. The lowest BCUT2D eigenvalue weighted by Crippen LogP contribution is -2.38. The highest BCUT2D eigenvalue weighted by molar-refractivity contribution is 7.12. The van der Waals surface area contributed by atoms with Gasteiger partial charge in [-0.3, -0.25) is 9.59 Å². The van der Waals surface area contributed by atoms with Gasteiger partial charge in [0, 0.05) is 17.3 Å². The third-order valence-corrected chi connectivity index (χ3v) is 6.85. The lowest BCUT2D eigenvalue weighted by Gasteiger charge is -2.36. The van der Waals surface area contributed by atoms with E-state index in [9.17, 15) is 9.59 Å². The molecule has 2 aliphatic rings. The lowest BCUT2D eigenvalue weighted by atomic mass is 9.86. The Balaban J connectivity index is 1.36. The van der Waals surface area contributed by atoms with E-state index in [4.69, 9.17) is 0 Å². The Bertz CT molecular complexity index is 1060. The monoisotopic (exact) mass is 416 g/mol. The molecule has 1 unspecified atom stereocenters. The van der Waals surface area contributed by atoms with Crippen LogP contribution >= 0.6 is 11.3 Å². The van der Waals surface area contributed by atoms with E-state index < -0.39 is 0 Å². The summed E-state index contributed by atoms with van der Waals surface area (Å²) in [6, 6.07) is 20.0. The molecule has 2 amide bonds. The molecule has 152 valence electrons. The zero-order chi connectivity index (χ0) is 20.5. The normalized spacial score (nSPS) is 17.8. The summed E-state index contributed by atoms with van der Waals surface area (Å²) in [6.45, 7) is 0. The van der Waals surface area contributed by atoms with Crippen LogP contribution in [-0.4, -0.2) is 22.8 Å². The minimum atomic E-state index is -0.123. The number of carbonyl (C=O) groups excluding carboxylic acids is 2. The fourth-order valence-corrected chi connectivity index (χ4v) is 5.00. The Morgan fingerprint density at radius 2 is 1.73 bits per heavy atom. The molecule has 1 atom stereocenters. The van der Waals surface area contributed by atoms with Crippen molar-refractivity contribution >= 4 is 28.8 Å². The number of nitrogens with one attached hydrogen (secondary N) is 1. The summed E-state index contributed by atoms with van der Waals surface area (Å²) in [7, 11) is 0. The molecule has 0 spiro atoms. The van der Waals surface area contributed by atoms with Crippen LogP contribution in [0.5, 0.6) is 0 Å². The first kappa shape index (κ1) is 19.1. The number of benzene rings is 2. The lowest BCUT2D eigenvalue weighted by molar-refractivity contribution is 0.0638. The number of rotatable bonds is 5. The predicted octanol–water partition coefficient (Wildman–Crippen LogP) is 5.68. The Morgan fingerprint density at radius 3 is 2.47 bits per heavy atom. The quantitative estimate of drug-likeness (QED) is 0.581. The minimum Gasteiger partial charge on any atom is -0.329 e. The van der Waals surface area contributed by atoms with Crippen LogP contribution in [0, 0.1) is 0 Å². The molecule has 4 nitrogen and oxygen atoms in total. The molecule has 2 aliphatic carbocycles. The number of aryl methyl sites for hydroxylation is 1. The number of amides is 2. The van der Waals surface area contributed by atoms with Gasteiger partial charge in [0.05, 0.1) is 10.9 Å². The second kappa shape index (κ2) is 8.07. The van der Waals surface area contributed by atoms with E-state index in [0.29, 0.717) is 22.2 Å². The number of nitrogens with zero attached hydrogens (tertiary/aromatic N) is 1. The summed E-state index contributed by atoms with van der Waals surface area (Å²) in [5, 5.41) is 4.78. The number of hydrogen-bond donors (Lipinski definition) is 1. The topological polar surface area (TPSA) is 49.4 Å². The fraction of sp³-hybridized carbons (Fsp3) is 0.280. The maximum absolute atomic E-state index is 13.5. The third kappa shape index (κ3) is 3.77. The molecule has 0 bridgehead atoms. The van der Waals surface area contributed by atoms with E-state index in [2.05, 4.69) is 34.5 Å². The molecule has 1 saturated carbocycles. The van der Waals surface area contributed by atoms with Gasteiger partial charge in [-0.05, 0) is 78.9 Å². The van der Waals surface area contributed by atoms with Crippen LogP contribution in [0.25, 0.3) is 0 Å². The van der Waals surface area contributed by atoms with Gasteiger partial charge in [-0.1, -0.05) is 30.3 Å². The van der Waals surface area contributed by atoms with Gasteiger partial charge in [-0.2, -0.15) is 0 Å². The maximum Gasteiger partial charge on any atom is 0.265 e. The first-order chi connectivity index (χ1) is 14.7. The summed E-state index contributed by atoms with van der Waals surface area (Å²) in [6.07, 6.45) is 5.40. The molecule has 0 aliphatic heterocycles. The number of hydrogen-bond acceptors (Lipinski definition) is 3. The van der Waals surface area contributed by atoms with E-state index in [-0.39, 0.29) is 17.9 Å². The Hall–Kier alpha value is -2.92. The van der Waals surface area contributed by atoms with Crippen molar-refractivity contribution in [2.24, 2.45) is 0 Å². The summed E-state index contributed by atoms with van der Waals surface area (Å²) in [4.78, 5) is 28.5. The Kier molecular flexibility index (Phi) is 5.13. The van der Waals surface area contributed by atoms with Gasteiger partial charge in [-0.15, -0.1) is 11.3 Å². The zero-order valence-electron chi connectivity index (χ0n) is 16.7. The smallest absolute Gasteiger partial charge is 0.265 e. The van der Waals surface area contributed by atoms with Crippen molar-refractivity contribution in [2.75, 3.05) is 5.32 Å². The summed E-state index contributed by atoms with van der Waals surface area (Å²) in [5.41, 5.74) is 4.06. The number of thiophene rings is 1. The van der Waals surface area contributed by atoms with Crippen LogP contribution in [0.3, 0.4) is 0 Å². The van der Waals surface area contributed by atoms with Crippen molar-refractivity contribution in [3.8, 4) is 0 Å². The van der Waals surface area contributed by atoms with Crippen LogP contribution in [0.15, 0.2) is 66.0 Å². The fourth-order valence-electron chi connectivity index (χ4n) is 4.38. The van der Waals surface area contributed by atoms with Crippen LogP contribution < -0.4 is 5.32 Å². The molecule has 2 aromatic carbocycles. The molecule has 5 rings (SSSR count). The highest BCUT2D eigenvalue weighted by Gasteiger charge is 2.39. The second-order valence-corrected chi connectivity index (χ2v) is 9.01. The molecule has 1 N–H and O–H groups in total. The van der Waals surface area contributed by atoms with Crippen LogP contribution in [0.2, 0.25) is 0 Å². The summed E-state index contributed by atoms with van der Waals surface area (Å²) >= 11 is 1.41. The molecular weight excluding hydrogens is 392 g/mol. The van der Waals surface area contributed by atoms with E-state index in [0.717, 1.165) is 32.1 Å². The number of fused-ring (bicyclic) bond motifs is 1. The molecule has 1 heterocycles. The molecule has 1 aromatic heterocycles. The van der Waals surface area contributed by atoms with Crippen LogP contribution in [0.4, 0.5) is 5.69 Å². The molecule has 3 aromatic rings. The van der Waals surface area contributed by atoms with Crippen molar-refractivity contribution in [1.82, 2.24) is 4.90 Å². The molecule has 0 saturated heterocycles. The average molecular weight is 417 g/mol. The van der Waals surface area contributed by atoms with Crippen molar-refractivity contribution in [1.29, 1.82) is 0 Å². The third-order valence-electron chi connectivity index (χ3n) is 5.98. The van der Waals surface area contributed by atoms with Crippen molar-refractivity contribution in [3.05, 3.63) is 87.6 Å². The molecule has 1 fully saturated rings. The van der Waals surface area contributed by atoms with Gasteiger partial charge in [0.2, 0.25) is 0 Å². The number of carbonyl (C=O) groups is 2. The van der Waals surface area contributed by atoms with Crippen LogP contribution in [-0.2, 0) is 6.42 Å². The first-order valence-electron chi connectivity index (χ1n) is 10.6. The maximum atomic E-state index is 13.5. The second-order valence-electron chi connectivity index (χ2n) is 8.06. The van der Waals surface area contributed by atoms with E-state index >= 15 is 0 Å². The molecule has 30 heavy (non-hydrogen) atoms. The van der Waals surface area contributed by atoms with E-state index in [1.807, 2.05) is 35.7 Å². The zero-order valence-corrected chi connectivity index (χ0v) is 17.5.